The van der Waals surface area contributed by atoms with Gasteiger partial charge in [-0.15, -0.1) is 0 Å². The highest BCUT2D eigenvalue weighted by molar-refractivity contribution is 5.79. The highest BCUT2D eigenvalue weighted by Gasteiger charge is 2.24. The monoisotopic (exact) mass is 423 g/mol. The fourth-order valence-corrected chi connectivity index (χ4v) is 3.80. The number of nitrogens with one attached hydrogen (secondary N) is 2. The van der Waals surface area contributed by atoms with Crippen molar-refractivity contribution in [2.45, 2.75) is 32.4 Å². The lowest BCUT2D eigenvalue weighted by atomic mass is 10.1. The minimum Gasteiger partial charge on any atom is -0.497 e. The van der Waals surface area contributed by atoms with Crippen LogP contribution < -0.4 is 15.4 Å². The molecule has 2 N–H and O–H groups in total. The number of nitrogens with zero attached hydrogens (tertiary/aromatic N) is 3. The van der Waals surface area contributed by atoms with E-state index in [0.717, 1.165) is 18.8 Å². The summed E-state index contributed by atoms with van der Waals surface area (Å²) in [6, 6.07) is 14.8. The summed E-state index contributed by atoms with van der Waals surface area (Å²) in [6.07, 6.45) is 2.40. The van der Waals surface area contributed by atoms with E-state index < -0.39 is 5.82 Å². The second kappa shape index (κ2) is 11.3. The van der Waals surface area contributed by atoms with Gasteiger partial charge in [0.2, 0.25) is 0 Å². The molecule has 0 saturated carbocycles. The number of hydrogen-bond acceptors (Lipinski definition) is 4. The van der Waals surface area contributed by atoms with Crippen LogP contribution in [0.1, 0.15) is 42.5 Å². The van der Waals surface area contributed by atoms with Gasteiger partial charge in [-0.2, -0.15) is 5.26 Å². The maximum Gasteiger partial charge on any atom is 0.191 e. The van der Waals surface area contributed by atoms with Crippen molar-refractivity contribution < 1.29 is 9.13 Å². The molecule has 1 heterocycles. The molecule has 7 heteroatoms. The zero-order chi connectivity index (χ0) is 22.1. The van der Waals surface area contributed by atoms with Gasteiger partial charge in [0, 0.05) is 18.7 Å². The van der Waals surface area contributed by atoms with Gasteiger partial charge in [-0.1, -0.05) is 18.2 Å². The molecule has 1 unspecified atom stereocenters. The molecule has 6 nitrogen and oxygen atoms in total. The zero-order valence-corrected chi connectivity index (χ0v) is 18.2. The summed E-state index contributed by atoms with van der Waals surface area (Å²) in [6.45, 7) is 5.70. The van der Waals surface area contributed by atoms with Crippen molar-refractivity contribution in [2.75, 3.05) is 33.3 Å². The number of benzene rings is 2. The molecule has 1 aliphatic heterocycles. The van der Waals surface area contributed by atoms with E-state index in [1.807, 2.05) is 25.1 Å². The van der Waals surface area contributed by atoms with E-state index in [-0.39, 0.29) is 12.6 Å². The summed E-state index contributed by atoms with van der Waals surface area (Å²) < 4.78 is 19.6. The number of ether oxygens (including phenoxy) is 1. The van der Waals surface area contributed by atoms with Crippen LogP contribution in [0.15, 0.2) is 47.5 Å². The van der Waals surface area contributed by atoms with Gasteiger partial charge in [0.15, 0.2) is 5.96 Å². The highest BCUT2D eigenvalue weighted by atomic mass is 19.1. The molecule has 1 fully saturated rings. The summed E-state index contributed by atoms with van der Waals surface area (Å²) in [7, 11) is 1.68. The normalized spacial score (nSPS) is 15.4. The molecule has 1 atom stereocenters. The summed E-state index contributed by atoms with van der Waals surface area (Å²) in [5.41, 5.74) is 1.96. The van der Waals surface area contributed by atoms with Crippen LogP contribution in [0.4, 0.5) is 4.39 Å². The molecular weight excluding hydrogens is 393 g/mol. The first-order chi connectivity index (χ1) is 15.1. The largest absolute Gasteiger partial charge is 0.497 e. The van der Waals surface area contributed by atoms with E-state index in [4.69, 9.17) is 10.00 Å². The van der Waals surface area contributed by atoms with Gasteiger partial charge in [0.1, 0.15) is 11.6 Å². The molecule has 0 aromatic heterocycles. The molecule has 164 valence electrons. The van der Waals surface area contributed by atoms with Gasteiger partial charge in [-0.3, -0.25) is 4.90 Å². The Labute approximate surface area is 183 Å². The van der Waals surface area contributed by atoms with Crippen molar-refractivity contribution in [1.29, 1.82) is 5.26 Å². The Kier molecular flexibility index (Phi) is 8.25. The predicted octanol–water partition coefficient (Wildman–Crippen LogP) is 3.60. The number of aliphatic imine (C=N–C) groups is 1. The highest BCUT2D eigenvalue weighted by Crippen LogP contribution is 2.27. The lowest BCUT2D eigenvalue weighted by Gasteiger charge is -2.29. The Morgan fingerprint density at radius 3 is 2.71 bits per heavy atom. The first-order valence-corrected chi connectivity index (χ1v) is 10.7. The molecule has 2 aromatic carbocycles. The van der Waals surface area contributed by atoms with Crippen LogP contribution in [-0.4, -0.2) is 44.1 Å². The molecule has 31 heavy (non-hydrogen) atoms. The summed E-state index contributed by atoms with van der Waals surface area (Å²) >= 11 is 0. The molecule has 3 rings (SSSR count). The Morgan fingerprint density at radius 1 is 1.23 bits per heavy atom. The van der Waals surface area contributed by atoms with Crippen molar-refractivity contribution >= 4 is 5.96 Å². The summed E-state index contributed by atoms with van der Waals surface area (Å²) in [5, 5.41) is 15.6. The minimum absolute atomic E-state index is 0.188. The van der Waals surface area contributed by atoms with E-state index in [1.54, 1.807) is 19.2 Å². The van der Waals surface area contributed by atoms with Gasteiger partial charge in [-0.25, -0.2) is 9.38 Å². The first kappa shape index (κ1) is 22.6. The lowest BCUT2D eigenvalue weighted by molar-refractivity contribution is 0.245. The predicted molar refractivity (Wildman–Crippen MR) is 120 cm³/mol. The van der Waals surface area contributed by atoms with Crippen molar-refractivity contribution in [3.05, 3.63) is 65.0 Å². The van der Waals surface area contributed by atoms with Crippen molar-refractivity contribution in [2.24, 2.45) is 4.99 Å². The second-order valence-electron chi connectivity index (χ2n) is 7.53. The maximum atomic E-state index is 14.2. The van der Waals surface area contributed by atoms with Crippen molar-refractivity contribution in [3.63, 3.8) is 0 Å². The van der Waals surface area contributed by atoms with Crippen molar-refractivity contribution in [1.82, 2.24) is 15.5 Å². The molecule has 1 saturated heterocycles. The van der Waals surface area contributed by atoms with E-state index in [1.165, 1.54) is 24.5 Å². The van der Waals surface area contributed by atoms with E-state index >= 15 is 0 Å². The van der Waals surface area contributed by atoms with Crippen molar-refractivity contribution in [3.8, 4) is 11.8 Å². The van der Waals surface area contributed by atoms with Crippen LogP contribution in [0.3, 0.4) is 0 Å². The third-order valence-electron chi connectivity index (χ3n) is 5.46. The topological polar surface area (TPSA) is 72.7 Å². The average Bonchev–Trinajstić information content (AvgIpc) is 3.32. The molecule has 0 aliphatic carbocycles. The van der Waals surface area contributed by atoms with Gasteiger partial charge in [-0.05, 0) is 62.7 Å². The molecule has 0 spiro atoms. The molecular formula is C24H30FN5O. The Hall–Kier alpha value is -3.11. The van der Waals surface area contributed by atoms with Gasteiger partial charge in [0.05, 0.1) is 31.3 Å². The number of likely N-dealkylation sites (tertiary alicyclic amines) is 1. The average molecular weight is 424 g/mol. The van der Waals surface area contributed by atoms with Crippen LogP contribution in [0.25, 0.3) is 0 Å². The quantitative estimate of drug-likeness (QED) is 0.501. The summed E-state index contributed by atoms with van der Waals surface area (Å²) in [4.78, 5) is 7.03. The SMILES string of the molecule is CCNC(=NCc1ccc(C#N)cc1F)NCC(c1cccc(OC)c1)N1CCCC1. The summed E-state index contributed by atoms with van der Waals surface area (Å²) in [5.74, 6) is 1.07. The number of nitriles is 1. The number of hydrogen-bond donors (Lipinski definition) is 2. The molecule has 0 bridgehead atoms. The fourth-order valence-electron chi connectivity index (χ4n) is 3.80. The Morgan fingerprint density at radius 2 is 2.03 bits per heavy atom. The molecule has 1 aliphatic rings. The molecule has 2 aromatic rings. The number of halogens is 1. The van der Waals surface area contributed by atoms with Crippen LogP contribution in [0, 0.1) is 17.1 Å². The molecule has 0 amide bonds. The van der Waals surface area contributed by atoms with Crippen LogP contribution in [0.5, 0.6) is 5.75 Å². The Balaban J connectivity index is 1.73. The van der Waals surface area contributed by atoms with Crippen LogP contribution in [0.2, 0.25) is 0 Å². The standard InChI is InChI=1S/C24H30FN5O/c1-3-27-24(28-16-20-10-9-18(15-26)13-22(20)25)29-17-23(30-11-4-5-12-30)19-7-6-8-21(14-19)31-2/h6-10,13-14,23H,3-5,11-12,16-17H2,1-2H3,(H2,27,28,29). The van der Waals surface area contributed by atoms with E-state index in [9.17, 15) is 4.39 Å². The minimum atomic E-state index is -0.412. The van der Waals surface area contributed by atoms with E-state index in [2.05, 4.69) is 32.7 Å². The van der Waals surface area contributed by atoms with Crippen LogP contribution in [-0.2, 0) is 6.54 Å². The third-order valence-corrected chi connectivity index (χ3v) is 5.46. The number of rotatable bonds is 8. The van der Waals surface area contributed by atoms with Gasteiger partial charge < -0.3 is 15.4 Å². The third kappa shape index (κ3) is 6.19. The molecule has 0 radical (unpaired) electrons. The van der Waals surface area contributed by atoms with E-state index in [0.29, 0.717) is 30.2 Å². The maximum absolute atomic E-state index is 14.2. The first-order valence-electron chi connectivity index (χ1n) is 10.7. The van der Waals surface area contributed by atoms with Crippen LogP contribution >= 0.6 is 0 Å². The van der Waals surface area contributed by atoms with Gasteiger partial charge in [0.25, 0.3) is 0 Å². The van der Waals surface area contributed by atoms with Gasteiger partial charge >= 0.3 is 0 Å². The second-order valence-corrected chi connectivity index (χ2v) is 7.53. The zero-order valence-electron chi connectivity index (χ0n) is 18.2. The lowest BCUT2D eigenvalue weighted by Crippen LogP contribution is -2.42. The fraction of sp³-hybridized carbons (Fsp3) is 0.417. The number of guanidine groups is 1. The smallest absolute Gasteiger partial charge is 0.191 e. The Bertz CT molecular complexity index is 934. The number of methoxy groups -OCH3 is 1.